The van der Waals surface area contributed by atoms with E-state index in [1.54, 1.807) is 12.1 Å². The van der Waals surface area contributed by atoms with Crippen molar-refractivity contribution in [3.8, 4) is 16.9 Å². The number of benzene rings is 2. The van der Waals surface area contributed by atoms with E-state index < -0.39 is 0 Å². The van der Waals surface area contributed by atoms with Crippen LogP contribution in [0.4, 0.5) is 0 Å². The number of unbranched alkanes of at least 4 members (excludes halogenated alkanes) is 2. The van der Waals surface area contributed by atoms with Gasteiger partial charge >= 0.3 is 0 Å². The summed E-state index contributed by atoms with van der Waals surface area (Å²) >= 11 is 0. The van der Waals surface area contributed by atoms with E-state index in [4.69, 9.17) is 9.15 Å². The number of fused-ring (bicyclic) bond motifs is 1. The van der Waals surface area contributed by atoms with E-state index >= 15 is 0 Å². The highest BCUT2D eigenvalue weighted by Gasteiger charge is 2.09. The van der Waals surface area contributed by atoms with E-state index in [0.717, 1.165) is 23.7 Å². The number of hydrogen-bond acceptors (Lipinski definition) is 3. The van der Waals surface area contributed by atoms with E-state index in [0.29, 0.717) is 23.1 Å². The van der Waals surface area contributed by atoms with E-state index in [-0.39, 0.29) is 5.43 Å². The maximum absolute atomic E-state index is 12.7. The van der Waals surface area contributed by atoms with Gasteiger partial charge in [0.05, 0.1) is 17.6 Å². The smallest absolute Gasteiger partial charge is 0.200 e. The van der Waals surface area contributed by atoms with Crippen LogP contribution >= 0.6 is 0 Å². The second-order valence-corrected chi connectivity index (χ2v) is 7.09. The minimum absolute atomic E-state index is 0.0160. The number of ether oxygens (including phenoxy) is 1. The van der Waals surface area contributed by atoms with Crippen LogP contribution in [-0.4, -0.2) is 6.61 Å². The van der Waals surface area contributed by atoms with Crippen molar-refractivity contribution in [2.24, 2.45) is 5.92 Å². The molecule has 0 fully saturated rings. The van der Waals surface area contributed by atoms with Crippen LogP contribution < -0.4 is 10.2 Å². The third-order valence-electron chi connectivity index (χ3n) is 4.53. The van der Waals surface area contributed by atoms with Gasteiger partial charge in [0.1, 0.15) is 17.6 Å². The second kappa shape index (κ2) is 8.70. The molecule has 3 rings (SSSR count). The molecule has 0 unspecified atom stereocenters. The van der Waals surface area contributed by atoms with Gasteiger partial charge in [0.15, 0.2) is 5.43 Å². The van der Waals surface area contributed by atoms with E-state index in [9.17, 15) is 4.79 Å². The van der Waals surface area contributed by atoms with E-state index in [1.807, 2.05) is 36.4 Å². The van der Waals surface area contributed by atoms with Crippen molar-refractivity contribution < 1.29 is 9.15 Å². The molecule has 26 heavy (non-hydrogen) atoms. The molecule has 0 amide bonds. The summed E-state index contributed by atoms with van der Waals surface area (Å²) in [4.78, 5) is 12.7. The second-order valence-electron chi connectivity index (χ2n) is 7.09. The molecule has 0 aliphatic rings. The summed E-state index contributed by atoms with van der Waals surface area (Å²) in [5, 5.41) is 0.579. The lowest BCUT2D eigenvalue weighted by molar-refractivity contribution is 0.303. The fourth-order valence-electron chi connectivity index (χ4n) is 3.04. The Bertz CT molecular complexity index is 894. The largest absolute Gasteiger partial charge is 0.493 e. The van der Waals surface area contributed by atoms with Gasteiger partial charge in [-0.05, 0) is 30.0 Å². The predicted molar refractivity (Wildman–Crippen MR) is 107 cm³/mol. The standard InChI is InChI=1S/C23H26O3/c1-17(2)9-5-4-8-14-25-19-12-13-20-22(15-19)26-16-21(23(20)24)18-10-6-3-7-11-18/h3,6-7,10-13,15-17H,4-5,8-9,14H2,1-2H3. The summed E-state index contributed by atoms with van der Waals surface area (Å²) < 4.78 is 11.5. The van der Waals surface area contributed by atoms with Gasteiger partial charge in [-0.15, -0.1) is 0 Å². The molecule has 0 atom stereocenters. The highest BCUT2D eigenvalue weighted by atomic mass is 16.5. The van der Waals surface area contributed by atoms with Gasteiger partial charge in [0.2, 0.25) is 0 Å². The van der Waals surface area contributed by atoms with Gasteiger partial charge in [-0.2, -0.15) is 0 Å². The van der Waals surface area contributed by atoms with Gasteiger partial charge in [0, 0.05) is 6.07 Å². The molecule has 136 valence electrons. The van der Waals surface area contributed by atoms with Gasteiger partial charge < -0.3 is 9.15 Å². The fourth-order valence-corrected chi connectivity index (χ4v) is 3.04. The maximum Gasteiger partial charge on any atom is 0.200 e. The highest BCUT2D eigenvalue weighted by Crippen LogP contribution is 2.23. The van der Waals surface area contributed by atoms with E-state index in [2.05, 4.69) is 13.8 Å². The average molecular weight is 350 g/mol. The molecule has 0 saturated carbocycles. The van der Waals surface area contributed by atoms with Crippen molar-refractivity contribution in [2.75, 3.05) is 6.61 Å². The quantitative estimate of drug-likeness (QED) is 0.464. The van der Waals surface area contributed by atoms with Crippen LogP contribution in [0.5, 0.6) is 5.75 Å². The molecule has 0 bridgehead atoms. The zero-order valence-electron chi connectivity index (χ0n) is 15.5. The minimum Gasteiger partial charge on any atom is -0.493 e. The third kappa shape index (κ3) is 4.54. The Labute approximate surface area is 154 Å². The van der Waals surface area contributed by atoms with Crippen LogP contribution in [0.1, 0.15) is 39.5 Å². The SMILES string of the molecule is CC(C)CCCCCOc1ccc2c(=O)c(-c3ccccc3)coc2c1. The topological polar surface area (TPSA) is 39.4 Å². The Kier molecular flexibility index (Phi) is 6.11. The average Bonchev–Trinajstić information content (AvgIpc) is 2.65. The molecule has 0 spiro atoms. The first-order chi connectivity index (χ1) is 12.6. The molecule has 2 aromatic carbocycles. The minimum atomic E-state index is -0.0160. The number of hydrogen-bond donors (Lipinski definition) is 0. The Morgan fingerprint density at radius 2 is 1.81 bits per heavy atom. The van der Waals surface area contributed by atoms with Crippen LogP contribution in [0.25, 0.3) is 22.1 Å². The molecule has 0 aliphatic carbocycles. The summed E-state index contributed by atoms with van der Waals surface area (Å²) in [6, 6.07) is 15.0. The zero-order valence-corrected chi connectivity index (χ0v) is 15.5. The molecule has 3 heteroatoms. The third-order valence-corrected chi connectivity index (χ3v) is 4.53. The summed E-state index contributed by atoms with van der Waals surface area (Å²) in [5.41, 5.74) is 1.99. The monoisotopic (exact) mass is 350 g/mol. The van der Waals surface area contributed by atoms with Gasteiger partial charge in [0.25, 0.3) is 0 Å². The first-order valence-electron chi connectivity index (χ1n) is 9.39. The molecule has 0 radical (unpaired) electrons. The normalized spacial score (nSPS) is 11.2. The van der Waals surface area contributed by atoms with Crippen molar-refractivity contribution in [3.63, 3.8) is 0 Å². The Balaban J connectivity index is 1.67. The summed E-state index contributed by atoms with van der Waals surface area (Å²) in [7, 11) is 0. The molecule has 1 heterocycles. The van der Waals surface area contributed by atoms with Crippen LogP contribution in [0.2, 0.25) is 0 Å². The van der Waals surface area contributed by atoms with Crippen molar-refractivity contribution >= 4 is 11.0 Å². The van der Waals surface area contributed by atoms with Gasteiger partial charge in [-0.1, -0.05) is 63.4 Å². The summed E-state index contributed by atoms with van der Waals surface area (Å²) in [5.74, 6) is 1.51. The summed E-state index contributed by atoms with van der Waals surface area (Å²) in [6.45, 7) is 5.20. The summed E-state index contributed by atoms with van der Waals surface area (Å²) in [6.07, 6.45) is 6.28. The van der Waals surface area contributed by atoms with Crippen molar-refractivity contribution in [2.45, 2.75) is 39.5 Å². The molecular formula is C23H26O3. The zero-order chi connectivity index (χ0) is 18.4. The lowest BCUT2D eigenvalue weighted by atomic mass is 10.1. The number of rotatable bonds is 8. The first-order valence-corrected chi connectivity index (χ1v) is 9.39. The Morgan fingerprint density at radius 3 is 2.58 bits per heavy atom. The predicted octanol–water partition coefficient (Wildman–Crippen LogP) is 6.06. The van der Waals surface area contributed by atoms with Crippen LogP contribution in [0, 0.1) is 5.92 Å². The molecule has 3 nitrogen and oxygen atoms in total. The lowest BCUT2D eigenvalue weighted by Gasteiger charge is -2.08. The molecule has 0 N–H and O–H groups in total. The molecule has 0 saturated heterocycles. The molecule has 3 aromatic rings. The van der Waals surface area contributed by atoms with Gasteiger partial charge in [-0.3, -0.25) is 4.79 Å². The fraction of sp³-hybridized carbons (Fsp3) is 0.348. The Morgan fingerprint density at radius 1 is 1.00 bits per heavy atom. The van der Waals surface area contributed by atoms with Crippen LogP contribution in [0.15, 0.2) is 64.0 Å². The Hall–Kier alpha value is -2.55. The van der Waals surface area contributed by atoms with Crippen molar-refractivity contribution in [3.05, 3.63) is 65.0 Å². The maximum atomic E-state index is 12.7. The van der Waals surface area contributed by atoms with Crippen LogP contribution in [-0.2, 0) is 0 Å². The first kappa shape index (κ1) is 18.2. The van der Waals surface area contributed by atoms with Crippen molar-refractivity contribution in [1.29, 1.82) is 0 Å². The molecule has 1 aromatic heterocycles. The molecular weight excluding hydrogens is 324 g/mol. The molecule has 0 aliphatic heterocycles. The highest BCUT2D eigenvalue weighted by molar-refractivity contribution is 5.82. The van der Waals surface area contributed by atoms with E-state index in [1.165, 1.54) is 25.5 Å². The van der Waals surface area contributed by atoms with Gasteiger partial charge in [-0.25, -0.2) is 0 Å². The van der Waals surface area contributed by atoms with Crippen molar-refractivity contribution in [1.82, 2.24) is 0 Å². The van der Waals surface area contributed by atoms with Crippen LogP contribution in [0.3, 0.4) is 0 Å². The lowest BCUT2D eigenvalue weighted by Crippen LogP contribution is -2.05.